The van der Waals surface area contributed by atoms with Crippen molar-refractivity contribution in [2.24, 2.45) is 4.99 Å². The molecule has 1 aliphatic carbocycles. The van der Waals surface area contributed by atoms with Crippen molar-refractivity contribution in [1.82, 2.24) is 15.1 Å². The molecule has 4 rings (SSSR count). The SMILES string of the molecule is O=C(O)C1=NC(c2cccc(-c3cnn(C4CC4)c3)c2)=CNC1. The number of aromatic nitrogens is 2. The molecule has 1 aliphatic heterocycles. The number of carboxylic acids is 1. The Bertz CT molecular complexity index is 831. The highest BCUT2D eigenvalue weighted by molar-refractivity contribution is 6.37. The lowest BCUT2D eigenvalue weighted by atomic mass is 10.0. The summed E-state index contributed by atoms with van der Waals surface area (Å²) in [5, 5.41) is 16.5. The number of carboxylic acid groups (broad SMARTS) is 1. The van der Waals surface area contributed by atoms with Crippen LogP contribution in [0.15, 0.2) is 47.9 Å². The van der Waals surface area contributed by atoms with Gasteiger partial charge in [-0.25, -0.2) is 9.79 Å². The van der Waals surface area contributed by atoms with Crippen LogP contribution in [0, 0.1) is 0 Å². The van der Waals surface area contributed by atoms with Crippen molar-refractivity contribution in [3.63, 3.8) is 0 Å². The summed E-state index contributed by atoms with van der Waals surface area (Å²) in [6, 6.07) is 8.47. The van der Waals surface area contributed by atoms with Crippen LogP contribution >= 0.6 is 0 Å². The van der Waals surface area contributed by atoms with Crippen molar-refractivity contribution in [2.75, 3.05) is 6.54 Å². The highest BCUT2D eigenvalue weighted by atomic mass is 16.4. The van der Waals surface area contributed by atoms with Crippen LogP contribution in [0.4, 0.5) is 0 Å². The third-order valence-electron chi connectivity index (χ3n) is 4.02. The second-order valence-electron chi connectivity index (χ2n) is 5.80. The van der Waals surface area contributed by atoms with Gasteiger partial charge in [0.25, 0.3) is 0 Å². The second kappa shape index (κ2) is 5.39. The average molecular weight is 308 g/mol. The van der Waals surface area contributed by atoms with Crippen molar-refractivity contribution in [2.45, 2.75) is 18.9 Å². The van der Waals surface area contributed by atoms with Gasteiger partial charge in [0.05, 0.1) is 24.5 Å². The molecule has 1 aromatic carbocycles. The molecule has 0 bridgehead atoms. The van der Waals surface area contributed by atoms with Crippen LogP contribution in [0.1, 0.15) is 24.4 Å². The molecule has 2 heterocycles. The molecule has 0 unspecified atom stereocenters. The molecule has 0 radical (unpaired) electrons. The molecule has 1 aromatic heterocycles. The van der Waals surface area contributed by atoms with Crippen LogP contribution in [0.5, 0.6) is 0 Å². The van der Waals surface area contributed by atoms with Crippen molar-refractivity contribution in [3.8, 4) is 11.1 Å². The molecule has 6 nitrogen and oxygen atoms in total. The maximum absolute atomic E-state index is 11.1. The number of hydrogen-bond donors (Lipinski definition) is 2. The molecule has 0 atom stereocenters. The third-order valence-corrected chi connectivity index (χ3v) is 4.02. The van der Waals surface area contributed by atoms with E-state index in [2.05, 4.69) is 21.6 Å². The lowest BCUT2D eigenvalue weighted by molar-refractivity contribution is -0.129. The normalized spacial score (nSPS) is 17.2. The number of aliphatic carboxylic acids is 1. The Labute approximate surface area is 133 Å². The van der Waals surface area contributed by atoms with E-state index in [0.29, 0.717) is 11.7 Å². The minimum Gasteiger partial charge on any atom is -0.477 e. The Balaban J connectivity index is 1.65. The van der Waals surface area contributed by atoms with Crippen LogP contribution in [-0.2, 0) is 4.79 Å². The average Bonchev–Trinajstić information content (AvgIpc) is 3.32. The van der Waals surface area contributed by atoms with E-state index >= 15 is 0 Å². The molecule has 0 amide bonds. The fraction of sp³-hybridized carbons (Fsp3) is 0.235. The van der Waals surface area contributed by atoms with Crippen LogP contribution in [-0.4, -0.2) is 33.1 Å². The van der Waals surface area contributed by atoms with Crippen molar-refractivity contribution >= 4 is 17.4 Å². The molecule has 23 heavy (non-hydrogen) atoms. The molecule has 0 spiro atoms. The topological polar surface area (TPSA) is 79.5 Å². The zero-order valence-corrected chi connectivity index (χ0v) is 12.4. The number of carbonyl (C=O) groups is 1. The van der Waals surface area contributed by atoms with Gasteiger partial charge in [0, 0.05) is 23.5 Å². The minimum absolute atomic E-state index is 0.120. The predicted molar refractivity (Wildman–Crippen MR) is 87.0 cm³/mol. The van der Waals surface area contributed by atoms with Crippen LogP contribution in [0.2, 0.25) is 0 Å². The second-order valence-corrected chi connectivity index (χ2v) is 5.80. The van der Waals surface area contributed by atoms with Crippen molar-refractivity contribution in [1.29, 1.82) is 0 Å². The molecule has 2 aliphatic rings. The van der Waals surface area contributed by atoms with Gasteiger partial charge in [-0.1, -0.05) is 18.2 Å². The van der Waals surface area contributed by atoms with Gasteiger partial charge >= 0.3 is 5.97 Å². The van der Waals surface area contributed by atoms with Crippen LogP contribution in [0.25, 0.3) is 16.8 Å². The van der Waals surface area contributed by atoms with E-state index in [1.165, 1.54) is 12.8 Å². The fourth-order valence-electron chi connectivity index (χ4n) is 2.62. The molecule has 2 N–H and O–H groups in total. The first kappa shape index (κ1) is 13.8. The maximum Gasteiger partial charge on any atom is 0.352 e. The zero-order chi connectivity index (χ0) is 15.8. The van der Waals surface area contributed by atoms with Gasteiger partial charge in [0.15, 0.2) is 0 Å². The number of aliphatic imine (C=N–C) groups is 1. The summed E-state index contributed by atoms with van der Waals surface area (Å²) in [4.78, 5) is 15.3. The van der Waals surface area contributed by atoms with Gasteiger partial charge in [-0.3, -0.25) is 4.68 Å². The number of nitrogens with zero attached hydrogens (tertiary/aromatic N) is 3. The molecule has 1 fully saturated rings. The number of nitrogens with one attached hydrogen (secondary N) is 1. The fourth-order valence-corrected chi connectivity index (χ4v) is 2.62. The summed E-state index contributed by atoms with van der Waals surface area (Å²) in [5.74, 6) is -0.995. The lowest BCUT2D eigenvalue weighted by Gasteiger charge is -2.12. The summed E-state index contributed by atoms with van der Waals surface area (Å²) in [7, 11) is 0. The highest BCUT2D eigenvalue weighted by Crippen LogP contribution is 2.35. The Morgan fingerprint density at radius 1 is 1.26 bits per heavy atom. The minimum atomic E-state index is -0.995. The van der Waals surface area contributed by atoms with Crippen molar-refractivity contribution < 1.29 is 9.90 Å². The molecular formula is C17H16N4O2. The number of rotatable bonds is 4. The smallest absolute Gasteiger partial charge is 0.352 e. The number of hydrogen-bond acceptors (Lipinski definition) is 4. The van der Waals surface area contributed by atoms with E-state index in [1.807, 2.05) is 35.1 Å². The van der Waals surface area contributed by atoms with Crippen LogP contribution in [0.3, 0.4) is 0 Å². The Hall–Kier alpha value is -2.89. The predicted octanol–water partition coefficient (Wildman–Crippen LogP) is 2.31. The van der Waals surface area contributed by atoms with Gasteiger partial charge in [0.2, 0.25) is 0 Å². The molecule has 116 valence electrons. The molecular weight excluding hydrogens is 292 g/mol. The van der Waals surface area contributed by atoms with Gasteiger partial charge < -0.3 is 10.4 Å². The Kier molecular flexibility index (Phi) is 3.22. The summed E-state index contributed by atoms with van der Waals surface area (Å²) < 4.78 is 2.02. The Morgan fingerprint density at radius 2 is 2.09 bits per heavy atom. The molecule has 1 saturated carbocycles. The van der Waals surface area contributed by atoms with E-state index in [-0.39, 0.29) is 12.3 Å². The zero-order valence-electron chi connectivity index (χ0n) is 12.4. The van der Waals surface area contributed by atoms with Gasteiger partial charge in [-0.15, -0.1) is 0 Å². The maximum atomic E-state index is 11.1. The summed E-state index contributed by atoms with van der Waals surface area (Å²) in [5.41, 5.74) is 3.74. The number of benzene rings is 1. The quantitative estimate of drug-likeness (QED) is 0.908. The molecule has 0 saturated heterocycles. The summed E-state index contributed by atoms with van der Waals surface area (Å²) >= 11 is 0. The summed E-state index contributed by atoms with van der Waals surface area (Å²) in [6.07, 6.45) is 8.09. The van der Waals surface area contributed by atoms with Gasteiger partial charge in [-0.05, 0) is 24.5 Å². The monoisotopic (exact) mass is 308 g/mol. The first-order valence-corrected chi connectivity index (χ1v) is 7.60. The van der Waals surface area contributed by atoms with Gasteiger partial charge in [-0.2, -0.15) is 5.10 Å². The van der Waals surface area contributed by atoms with E-state index < -0.39 is 5.97 Å². The van der Waals surface area contributed by atoms with E-state index in [4.69, 9.17) is 5.11 Å². The van der Waals surface area contributed by atoms with E-state index in [9.17, 15) is 4.79 Å². The largest absolute Gasteiger partial charge is 0.477 e. The highest BCUT2D eigenvalue weighted by Gasteiger charge is 2.24. The first-order valence-electron chi connectivity index (χ1n) is 7.60. The molecule has 2 aromatic rings. The lowest BCUT2D eigenvalue weighted by Crippen LogP contribution is -2.28. The van der Waals surface area contributed by atoms with Crippen molar-refractivity contribution in [3.05, 3.63) is 48.4 Å². The van der Waals surface area contributed by atoms with Gasteiger partial charge in [0.1, 0.15) is 5.71 Å². The van der Waals surface area contributed by atoms with Crippen LogP contribution < -0.4 is 5.32 Å². The molecule has 6 heteroatoms. The third kappa shape index (κ3) is 2.75. The first-order chi connectivity index (χ1) is 11.2. The van der Waals surface area contributed by atoms with E-state index in [1.54, 1.807) is 6.20 Å². The summed E-state index contributed by atoms with van der Waals surface area (Å²) in [6.45, 7) is 0.243. The Morgan fingerprint density at radius 3 is 2.87 bits per heavy atom. The van der Waals surface area contributed by atoms with E-state index in [0.717, 1.165) is 16.7 Å². The standard InChI is InChI=1S/C17H16N4O2/c22-17(23)16-9-18-8-15(20-16)12-3-1-2-11(6-12)13-7-19-21(10-13)14-4-5-14/h1-3,6-8,10,14,18H,4-5,9H2,(H,22,23).